The Labute approximate surface area is 133 Å². The maximum atomic E-state index is 10.3. The minimum absolute atomic E-state index is 0.217. The molecular weight excluding hydrogens is 296 g/mol. The molecule has 0 spiro atoms. The average molecular weight is 316 g/mol. The molecule has 122 valence electrons. The van der Waals surface area contributed by atoms with Crippen LogP contribution >= 0.6 is 0 Å². The maximum absolute atomic E-state index is 10.3. The highest BCUT2D eigenvalue weighted by molar-refractivity contribution is 5.86. The van der Waals surface area contributed by atoms with Gasteiger partial charge in [-0.1, -0.05) is 12.1 Å². The van der Waals surface area contributed by atoms with Gasteiger partial charge in [0.2, 0.25) is 0 Å². The van der Waals surface area contributed by atoms with Gasteiger partial charge in [-0.25, -0.2) is 14.6 Å². The third kappa shape index (κ3) is 2.67. The van der Waals surface area contributed by atoms with Crippen LogP contribution in [-0.2, 0) is 5.54 Å². The monoisotopic (exact) mass is 316 g/mol. The van der Waals surface area contributed by atoms with Crippen LogP contribution in [0.5, 0.6) is 0 Å². The van der Waals surface area contributed by atoms with Crippen LogP contribution in [-0.4, -0.2) is 47.8 Å². The summed E-state index contributed by atoms with van der Waals surface area (Å²) in [6.07, 6.45) is -2.66. The van der Waals surface area contributed by atoms with Gasteiger partial charge in [0.25, 0.3) is 0 Å². The van der Waals surface area contributed by atoms with Crippen molar-refractivity contribution in [3.8, 4) is 0 Å². The second-order valence-corrected chi connectivity index (χ2v) is 6.55. The molecule has 2 aromatic heterocycles. The lowest BCUT2D eigenvalue weighted by molar-refractivity contribution is -0.0171. The Balaban J connectivity index is 2.34. The first-order valence-corrected chi connectivity index (χ1v) is 7.46. The lowest BCUT2D eigenvalue weighted by atomic mass is 10.1. The van der Waals surface area contributed by atoms with Gasteiger partial charge in [-0.05, 0) is 32.9 Å². The Morgan fingerprint density at radius 1 is 1.09 bits per heavy atom. The van der Waals surface area contributed by atoms with Crippen molar-refractivity contribution >= 4 is 22.2 Å². The van der Waals surface area contributed by atoms with E-state index in [1.165, 1.54) is 0 Å². The number of aliphatic hydroxyl groups excluding tert-OH is 3. The highest BCUT2D eigenvalue weighted by Gasteiger charge is 2.29. The van der Waals surface area contributed by atoms with Gasteiger partial charge in [-0.2, -0.15) is 5.10 Å². The molecule has 3 N–H and O–H groups in total. The van der Waals surface area contributed by atoms with Gasteiger partial charge in [-0.3, -0.25) is 0 Å². The SMILES string of the molecule is CC(C)(C)n1nc([C@@H](O)[C@@H](O)CO)c2nc3ccccc3nc21. The second-order valence-electron chi connectivity index (χ2n) is 6.55. The molecule has 0 aliphatic heterocycles. The molecule has 3 rings (SSSR count). The van der Waals surface area contributed by atoms with Crippen molar-refractivity contribution in [3.05, 3.63) is 30.0 Å². The largest absolute Gasteiger partial charge is 0.394 e. The number of aliphatic hydroxyl groups is 3. The number of fused-ring (bicyclic) bond motifs is 2. The van der Waals surface area contributed by atoms with E-state index in [0.717, 1.165) is 5.52 Å². The smallest absolute Gasteiger partial charge is 0.178 e. The summed E-state index contributed by atoms with van der Waals surface area (Å²) in [6.45, 7) is 5.34. The van der Waals surface area contributed by atoms with E-state index in [1.54, 1.807) is 4.68 Å². The fourth-order valence-corrected chi connectivity index (χ4v) is 2.46. The molecule has 0 radical (unpaired) electrons. The topological polar surface area (TPSA) is 104 Å². The molecule has 23 heavy (non-hydrogen) atoms. The molecule has 7 heteroatoms. The van der Waals surface area contributed by atoms with Crippen molar-refractivity contribution in [2.75, 3.05) is 6.61 Å². The van der Waals surface area contributed by atoms with Crippen molar-refractivity contribution in [2.24, 2.45) is 0 Å². The first-order valence-electron chi connectivity index (χ1n) is 7.46. The summed E-state index contributed by atoms with van der Waals surface area (Å²) in [6, 6.07) is 7.43. The molecule has 0 aliphatic carbocycles. The minimum Gasteiger partial charge on any atom is -0.394 e. The van der Waals surface area contributed by atoms with Gasteiger partial charge in [-0.15, -0.1) is 0 Å². The van der Waals surface area contributed by atoms with Crippen LogP contribution in [0.1, 0.15) is 32.6 Å². The van der Waals surface area contributed by atoms with E-state index in [1.807, 2.05) is 45.0 Å². The van der Waals surface area contributed by atoms with E-state index in [0.29, 0.717) is 16.7 Å². The summed E-state index contributed by atoms with van der Waals surface area (Å²) in [7, 11) is 0. The summed E-state index contributed by atoms with van der Waals surface area (Å²) in [4.78, 5) is 9.17. The van der Waals surface area contributed by atoms with E-state index >= 15 is 0 Å². The highest BCUT2D eigenvalue weighted by Crippen LogP contribution is 2.29. The first-order chi connectivity index (χ1) is 10.8. The van der Waals surface area contributed by atoms with Crippen LogP contribution < -0.4 is 0 Å². The number of rotatable bonds is 3. The molecule has 0 saturated heterocycles. The fourth-order valence-electron chi connectivity index (χ4n) is 2.46. The number of hydrogen-bond acceptors (Lipinski definition) is 6. The van der Waals surface area contributed by atoms with Crippen LogP contribution in [0.4, 0.5) is 0 Å². The van der Waals surface area contributed by atoms with Crippen LogP contribution in [0.15, 0.2) is 24.3 Å². The van der Waals surface area contributed by atoms with Crippen molar-refractivity contribution in [1.29, 1.82) is 0 Å². The minimum atomic E-state index is -1.33. The number of aromatic nitrogens is 4. The standard InChI is InChI=1S/C16H20N4O3/c1-16(2,3)20-15-13(12(19-20)14(23)11(22)8-21)17-9-6-4-5-7-10(9)18-15/h4-7,11,14,21-23H,8H2,1-3H3/t11-,14-/m0/s1. The van der Waals surface area contributed by atoms with E-state index in [9.17, 15) is 10.2 Å². The van der Waals surface area contributed by atoms with E-state index < -0.39 is 18.8 Å². The van der Waals surface area contributed by atoms with Crippen LogP contribution in [0, 0.1) is 0 Å². The molecular formula is C16H20N4O3. The summed E-state index contributed by atoms with van der Waals surface area (Å²) in [5, 5.41) is 33.6. The fraction of sp³-hybridized carbons (Fsp3) is 0.438. The van der Waals surface area contributed by atoms with Crippen molar-refractivity contribution in [3.63, 3.8) is 0 Å². The Kier molecular flexibility index (Phi) is 3.79. The molecule has 0 amide bonds. The molecule has 1 aromatic carbocycles. The van der Waals surface area contributed by atoms with Gasteiger partial charge in [0.15, 0.2) is 5.65 Å². The Morgan fingerprint density at radius 3 is 2.26 bits per heavy atom. The molecule has 3 aromatic rings. The lowest BCUT2D eigenvalue weighted by Crippen LogP contribution is -2.25. The van der Waals surface area contributed by atoms with Gasteiger partial charge < -0.3 is 15.3 Å². The van der Waals surface area contributed by atoms with Gasteiger partial charge in [0.05, 0.1) is 23.2 Å². The van der Waals surface area contributed by atoms with Gasteiger partial charge in [0.1, 0.15) is 23.4 Å². The van der Waals surface area contributed by atoms with Crippen molar-refractivity contribution < 1.29 is 15.3 Å². The van der Waals surface area contributed by atoms with E-state index in [-0.39, 0.29) is 11.2 Å². The number of benzene rings is 1. The third-order valence-electron chi connectivity index (χ3n) is 3.67. The summed E-state index contributed by atoms with van der Waals surface area (Å²) in [5.74, 6) is 0. The second kappa shape index (κ2) is 5.52. The molecule has 0 unspecified atom stereocenters. The third-order valence-corrected chi connectivity index (χ3v) is 3.67. The molecule has 0 aliphatic rings. The number of hydrogen-bond donors (Lipinski definition) is 3. The summed E-state index contributed by atoms with van der Waals surface area (Å²) in [5.41, 5.74) is 2.22. The Morgan fingerprint density at radius 2 is 1.70 bits per heavy atom. The van der Waals surface area contributed by atoms with E-state index in [4.69, 9.17) is 5.11 Å². The molecule has 2 atom stereocenters. The number of para-hydroxylation sites is 2. The van der Waals surface area contributed by atoms with Crippen molar-refractivity contribution in [1.82, 2.24) is 19.7 Å². The highest BCUT2D eigenvalue weighted by atomic mass is 16.4. The van der Waals surface area contributed by atoms with Crippen LogP contribution in [0.25, 0.3) is 22.2 Å². The van der Waals surface area contributed by atoms with Crippen LogP contribution in [0.3, 0.4) is 0 Å². The average Bonchev–Trinajstić information content (AvgIpc) is 2.89. The zero-order valence-corrected chi connectivity index (χ0v) is 13.3. The molecule has 0 bridgehead atoms. The van der Waals surface area contributed by atoms with Gasteiger partial charge in [0, 0.05) is 0 Å². The van der Waals surface area contributed by atoms with Crippen molar-refractivity contribution in [2.45, 2.75) is 38.5 Å². The zero-order valence-electron chi connectivity index (χ0n) is 13.3. The predicted molar refractivity (Wildman–Crippen MR) is 85.9 cm³/mol. The summed E-state index contributed by atoms with van der Waals surface area (Å²) >= 11 is 0. The Hall–Kier alpha value is -2.09. The summed E-state index contributed by atoms with van der Waals surface area (Å²) < 4.78 is 1.68. The van der Waals surface area contributed by atoms with E-state index in [2.05, 4.69) is 15.1 Å². The Bertz CT molecular complexity index is 854. The van der Waals surface area contributed by atoms with Gasteiger partial charge >= 0.3 is 0 Å². The lowest BCUT2D eigenvalue weighted by Gasteiger charge is -2.20. The molecule has 0 fully saturated rings. The molecule has 2 heterocycles. The quantitative estimate of drug-likeness (QED) is 0.669. The zero-order chi connectivity index (χ0) is 16.8. The number of nitrogens with zero attached hydrogens (tertiary/aromatic N) is 4. The maximum Gasteiger partial charge on any atom is 0.178 e. The molecule has 7 nitrogen and oxygen atoms in total. The molecule has 0 saturated carbocycles. The first kappa shape index (κ1) is 15.8. The normalized spacial score (nSPS) is 15.2. The predicted octanol–water partition coefficient (Wildman–Crippen LogP) is 1.12. The van der Waals surface area contributed by atoms with Crippen LogP contribution in [0.2, 0.25) is 0 Å².